The van der Waals surface area contributed by atoms with Gasteiger partial charge in [0.15, 0.2) is 0 Å². The summed E-state index contributed by atoms with van der Waals surface area (Å²) in [6.45, 7) is 2.82. The maximum atomic E-state index is 11.1. The molecule has 0 N–H and O–H groups in total. The highest BCUT2D eigenvalue weighted by atomic mass is 35.5. The topological polar surface area (TPSA) is 44.1 Å². The number of unbranched alkanes of at least 4 members (excludes halogenated alkanes) is 1. The Balaban J connectivity index is 3.87. The molecule has 0 aromatic carbocycles. The van der Waals surface area contributed by atoms with Gasteiger partial charge in [0.2, 0.25) is 5.91 Å². The minimum Gasteiger partial charge on any atom is -0.328 e. The second-order valence-corrected chi connectivity index (χ2v) is 2.73. The highest BCUT2D eigenvalue weighted by Crippen LogP contribution is 1.96. The highest BCUT2D eigenvalue weighted by molar-refractivity contribution is 6.27. The molecule has 0 spiro atoms. The molecule has 12 heavy (non-hydrogen) atoms. The number of halogens is 1. The van der Waals surface area contributed by atoms with E-state index >= 15 is 0 Å². The number of carbonyl (C=O) groups excluding carboxylic acids is 1. The zero-order valence-electron chi connectivity index (χ0n) is 7.22. The average Bonchev–Trinajstić information content (AvgIpc) is 2.11. The van der Waals surface area contributed by atoms with Crippen molar-refractivity contribution >= 4 is 17.5 Å². The van der Waals surface area contributed by atoms with Gasteiger partial charge in [0.25, 0.3) is 0 Å². The zero-order chi connectivity index (χ0) is 9.40. The first-order valence-corrected chi connectivity index (χ1v) is 4.50. The van der Waals surface area contributed by atoms with Crippen LogP contribution in [0.3, 0.4) is 0 Å². The number of hydrogen-bond donors (Lipinski definition) is 0. The van der Waals surface area contributed by atoms with Gasteiger partial charge < -0.3 is 4.90 Å². The minimum absolute atomic E-state index is 0.0363. The van der Waals surface area contributed by atoms with E-state index in [-0.39, 0.29) is 18.3 Å². The van der Waals surface area contributed by atoms with Crippen molar-refractivity contribution in [2.45, 2.75) is 19.8 Å². The lowest BCUT2D eigenvalue weighted by atomic mass is 10.3. The van der Waals surface area contributed by atoms with Crippen LogP contribution in [-0.2, 0) is 4.79 Å². The van der Waals surface area contributed by atoms with Gasteiger partial charge in [-0.1, -0.05) is 13.3 Å². The number of nitriles is 1. The van der Waals surface area contributed by atoms with E-state index in [1.165, 1.54) is 4.90 Å². The van der Waals surface area contributed by atoms with Crippen molar-refractivity contribution in [2.24, 2.45) is 0 Å². The molecule has 0 aliphatic rings. The van der Waals surface area contributed by atoms with Crippen LogP contribution in [0.25, 0.3) is 0 Å². The normalized spacial score (nSPS) is 9.08. The van der Waals surface area contributed by atoms with E-state index in [9.17, 15) is 4.79 Å². The van der Waals surface area contributed by atoms with E-state index in [2.05, 4.69) is 0 Å². The summed E-state index contributed by atoms with van der Waals surface area (Å²) in [5.41, 5.74) is 0. The molecular formula is C8H13ClN2O. The quantitative estimate of drug-likeness (QED) is 0.483. The van der Waals surface area contributed by atoms with Gasteiger partial charge in [0.1, 0.15) is 12.4 Å². The maximum Gasteiger partial charge on any atom is 0.238 e. The van der Waals surface area contributed by atoms with Crippen molar-refractivity contribution in [3.8, 4) is 6.07 Å². The molecule has 3 nitrogen and oxygen atoms in total. The van der Waals surface area contributed by atoms with Crippen molar-refractivity contribution in [2.75, 3.05) is 19.0 Å². The van der Waals surface area contributed by atoms with Crippen LogP contribution in [-0.4, -0.2) is 29.8 Å². The van der Waals surface area contributed by atoms with Crippen molar-refractivity contribution in [3.63, 3.8) is 0 Å². The van der Waals surface area contributed by atoms with E-state index in [0.29, 0.717) is 6.54 Å². The fraction of sp³-hybridized carbons (Fsp3) is 0.750. The Morgan fingerprint density at radius 1 is 1.67 bits per heavy atom. The van der Waals surface area contributed by atoms with E-state index in [4.69, 9.17) is 16.9 Å². The lowest BCUT2D eigenvalue weighted by Crippen LogP contribution is -2.33. The van der Waals surface area contributed by atoms with Crippen LogP contribution >= 0.6 is 11.6 Å². The Labute approximate surface area is 77.9 Å². The summed E-state index contributed by atoms with van der Waals surface area (Å²) in [6, 6.07) is 1.94. The van der Waals surface area contributed by atoms with Crippen LogP contribution in [0.1, 0.15) is 19.8 Å². The number of carbonyl (C=O) groups is 1. The molecule has 0 rings (SSSR count). The molecule has 0 aliphatic heterocycles. The summed E-state index contributed by atoms with van der Waals surface area (Å²) in [6.07, 6.45) is 1.93. The SMILES string of the molecule is CCCCN(CC#N)C(=O)CCl. The van der Waals surface area contributed by atoms with Crippen molar-refractivity contribution in [1.29, 1.82) is 5.26 Å². The van der Waals surface area contributed by atoms with Gasteiger partial charge in [-0.3, -0.25) is 4.79 Å². The molecule has 0 aromatic heterocycles. The van der Waals surface area contributed by atoms with Crippen molar-refractivity contribution in [3.05, 3.63) is 0 Å². The van der Waals surface area contributed by atoms with Crippen LogP contribution < -0.4 is 0 Å². The average molecular weight is 189 g/mol. The first kappa shape index (κ1) is 11.2. The fourth-order valence-electron chi connectivity index (χ4n) is 0.811. The summed E-state index contributed by atoms with van der Waals surface area (Å²) in [5.74, 6) is -0.197. The maximum absolute atomic E-state index is 11.1. The first-order valence-electron chi connectivity index (χ1n) is 3.97. The smallest absolute Gasteiger partial charge is 0.238 e. The third-order valence-corrected chi connectivity index (χ3v) is 1.74. The van der Waals surface area contributed by atoms with Gasteiger partial charge in [0, 0.05) is 6.54 Å². The molecule has 0 heterocycles. The second kappa shape index (κ2) is 6.93. The van der Waals surface area contributed by atoms with Crippen LogP contribution in [0.15, 0.2) is 0 Å². The molecule has 0 atom stereocenters. The van der Waals surface area contributed by atoms with Gasteiger partial charge in [-0.15, -0.1) is 11.6 Å². The van der Waals surface area contributed by atoms with Gasteiger partial charge in [0.05, 0.1) is 6.07 Å². The third-order valence-electron chi connectivity index (χ3n) is 1.51. The number of rotatable bonds is 5. The fourth-order valence-corrected chi connectivity index (χ4v) is 0.980. The molecule has 0 saturated heterocycles. The summed E-state index contributed by atoms with van der Waals surface area (Å²) >= 11 is 5.36. The van der Waals surface area contributed by atoms with Gasteiger partial charge in [-0.2, -0.15) is 5.26 Å². The standard InChI is InChI=1S/C8H13ClN2O/c1-2-3-5-11(6-4-10)8(12)7-9/h2-3,5-7H2,1H3. The van der Waals surface area contributed by atoms with Gasteiger partial charge in [-0.05, 0) is 6.42 Å². The summed E-state index contributed by atoms with van der Waals surface area (Å²) < 4.78 is 0. The van der Waals surface area contributed by atoms with E-state index < -0.39 is 0 Å². The van der Waals surface area contributed by atoms with Crippen LogP contribution in [0.2, 0.25) is 0 Å². The minimum atomic E-state index is -0.160. The number of amides is 1. The second-order valence-electron chi connectivity index (χ2n) is 2.46. The molecule has 0 bridgehead atoms. The monoisotopic (exact) mass is 188 g/mol. The Morgan fingerprint density at radius 3 is 2.75 bits per heavy atom. The van der Waals surface area contributed by atoms with Crippen LogP contribution in [0, 0.1) is 11.3 Å². The highest BCUT2D eigenvalue weighted by Gasteiger charge is 2.09. The largest absolute Gasteiger partial charge is 0.328 e. The van der Waals surface area contributed by atoms with Crippen LogP contribution in [0.5, 0.6) is 0 Å². The lowest BCUT2D eigenvalue weighted by molar-refractivity contribution is -0.127. The molecule has 0 aromatic rings. The molecule has 0 aliphatic carbocycles. The predicted molar refractivity (Wildman–Crippen MR) is 47.8 cm³/mol. The third kappa shape index (κ3) is 4.20. The van der Waals surface area contributed by atoms with Gasteiger partial charge in [-0.25, -0.2) is 0 Å². The molecule has 68 valence electrons. The van der Waals surface area contributed by atoms with E-state index in [0.717, 1.165) is 12.8 Å². The molecule has 4 heteroatoms. The number of nitrogens with zero attached hydrogens (tertiary/aromatic N) is 2. The lowest BCUT2D eigenvalue weighted by Gasteiger charge is -2.17. The van der Waals surface area contributed by atoms with Gasteiger partial charge >= 0.3 is 0 Å². The summed E-state index contributed by atoms with van der Waals surface area (Å²) in [7, 11) is 0. The number of hydrogen-bond acceptors (Lipinski definition) is 2. The Hall–Kier alpha value is -0.750. The molecule has 1 amide bonds. The Kier molecular flexibility index (Phi) is 6.50. The Bertz CT molecular complexity index is 176. The molecular weight excluding hydrogens is 176 g/mol. The molecule has 0 saturated carbocycles. The molecule has 0 unspecified atom stereocenters. The molecule has 0 radical (unpaired) electrons. The van der Waals surface area contributed by atoms with Crippen molar-refractivity contribution < 1.29 is 4.79 Å². The summed E-state index contributed by atoms with van der Waals surface area (Å²) in [4.78, 5) is 12.5. The number of alkyl halides is 1. The van der Waals surface area contributed by atoms with Crippen molar-refractivity contribution in [1.82, 2.24) is 4.90 Å². The van der Waals surface area contributed by atoms with E-state index in [1.54, 1.807) is 0 Å². The first-order chi connectivity index (χ1) is 5.76. The Morgan fingerprint density at radius 2 is 2.33 bits per heavy atom. The zero-order valence-corrected chi connectivity index (χ0v) is 7.97. The summed E-state index contributed by atoms with van der Waals surface area (Å²) in [5, 5.41) is 8.39. The predicted octanol–water partition coefficient (Wildman–Crippen LogP) is 1.38. The van der Waals surface area contributed by atoms with Crippen LogP contribution in [0.4, 0.5) is 0 Å². The van der Waals surface area contributed by atoms with E-state index in [1.807, 2.05) is 13.0 Å². The molecule has 0 fully saturated rings.